The van der Waals surface area contributed by atoms with Crippen molar-refractivity contribution in [3.8, 4) is 0 Å². The minimum atomic E-state index is 1.17. The maximum Gasteiger partial charge on any atom is 0.269 e. The molecule has 0 atom stereocenters. The van der Waals surface area contributed by atoms with Crippen LogP contribution in [0.4, 0.5) is 0 Å². The number of thioether (sulfide) groups is 2. The molecule has 58 valence electrons. The second-order valence-corrected chi connectivity index (χ2v) is 4.39. The predicted octanol–water partition coefficient (Wildman–Crippen LogP) is 1.87. The highest BCUT2D eigenvalue weighted by Crippen LogP contribution is 2.19. The van der Waals surface area contributed by atoms with Gasteiger partial charge in [0.05, 0.1) is 0 Å². The van der Waals surface area contributed by atoms with Gasteiger partial charge in [-0.1, -0.05) is 11.8 Å². The van der Waals surface area contributed by atoms with Crippen molar-refractivity contribution in [2.24, 2.45) is 0 Å². The van der Waals surface area contributed by atoms with E-state index in [1.165, 1.54) is 29.6 Å². The minimum absolute atomic E-state index is 1.17. The zero-order valence-electron chi connectivity index (χ0n) is 6.59. The van der Waals surface area contributed by atoms with Gasteiger partial charge in [0.1, 0.15) is 13.1 Å². The zero-order valence-corrected chi connectivity index (χ0v) is 8.23. The third-order valence-electron chi connectivity index (χ3n) is 1.61. The summed E-state index contributed by atoms with van der Waals surface area (Å²) in [5.41, 5.74) is 0. The molecule has 0 aliphatic carbocycles. The smallest absolute Gasteiger partial charge is 0.219 e. The molecule has 10 heavy (non-hydrogen) atoms. The van der Waals surface area contributed by atoms with E-state index < -0.39 is 0 Å². The summed E-state index contributed by atoms with van der Waals surface area (Å²) in [5.74, 6) is 1.31. The van der Waals surface area contributed by atoms with Crippen LogP contribution in [-0.4, -0.2) is 34.0 Å². The summed E-state index contributed by atoms with van der Waals surface area (Å²) in [7, 11) is 0. The van der Waals surface area contributed by atoms with Gasteiger partial charge in [-0.15, -0.1) is 0 Å². The Labute approximate surface area is 71.3 Å². The third kappa shape index (κ3) is 1.92. The summed E-state index contributed by atoms with van der Waals surface area (Å²) in [4.78, 5) is 0. The first kappa shape index (κ1) is 8.47. The molecular formula is C7H14NS2+. The lowest BCUT2D eigenvalue weighted by molar-refractivity contribution is -0.520. The van der Waals surface area contributed by atoms with Crippen molar-refractivity contribution in [1.29, 1.82) is 0 Å². The molecule has 1 rings (SSSR count). The molecule has 1 nitrogen and oxygen atoms in total. The average molecular weight is 176 g/mol. The molecule has 0 bridgehead atoms. The van der Waals surface area contributed by atoms with Gasteiger partial charge in [-0.2, -0.15) is 0 Å². The lowest BCUT2D eigenvalue weighted by Gasteiger charge is -2.10. The van der Waals surface area contributed by atoms with Crippen LogP contribution in [0.25, 0.3) is 0 Å². The zero-order chi connectivity index (χ0) is 7.40. The van der Waals surface area contributed by atoms with Crippen LogP contribution in [-0.2, 0) is 0 Å². The quantitative estimate of drug-likeness (QED) is 0.561. The first-order valence-corrected chi connectivity index (χ1v) is 5.88. The van der Waals surface area contributed by atoms with E-state index in [-0.39, 0.29) is 0 Å². The number of rotatable bonds is 1. The van der Waals surface area contributed by atoms with Crippen LogP contribution in [0, 0.1) is 0 Å². The van der Waals surface area contributed by atoms with Gasteiger partial charge in [-0.05, 0) is 24.9 Å². The fourth-order valence-corrected chi connectivity index (χ4v) is 3.12. The first-order valence-electron chi connectivity index (χ1n) is 3.67. The molecule has 3 heteroatoms. The van der Waals surface area contributed by atoms with Gasteiger partial charge in [0.25, 0.3) is 4.38 Å². The van der Waals surface area contributed by atoms with E-state index in [4.69, 9.17) is 0 Å². The second-order valence-electron chi connectivity index (χ2n) is 2.25. The lowest BCUT2D eigenvalue weighted by Crippen LogP contribution is -2.23. The molecule has 0 radical (unpaired) electrons. The lowest BCUT2D eigenvalue weighted by atomic mass is 10.4. The molecule has 0 saturated carbocycles. The Morgan fingerprint density at radius 1 is 1.70 bits per heavy atom. The fraction of sp³-hybridized carbons (Fsp3) is 0.857. The molecule has 0 saturated heterocycles. The molecule has 0 fully saturated rings. The summed E-state index contributed by atoms with van der Waals surface area (Å²) < 4.78 is 3.97. The highest BCUT2D eigenvalue weighted by atomic mass is 32.2. The number of hydrogen-bond acceptors (Lipinski definition) is 2. The van der Waals surface area contributed by atoms with Gasteiger partial charge < -0.3 is 0 Å². The van der Waals surface area contributed by atoms with E-state index in [1.807, 2.05) is 23.5 Å². The van der Waals surface area contributed by atoms with Crippen molar-refractivity contribution in [3.05, 3.63) is 0 Å². The molecule has 1 aliphatic heterocycles. The third-order valence-corrected chi connectivity index (χ3v) is 4.07. The topological polar surface area (TPSA) is 3.01 Å². The van der Waals surface area contributed by atoms with E-state index in [1.54, 1.807) is 0 Å². The molecule has 1 aliphatic rings. The normalized spacial score (nSPS) is 19.8. The van der Waals surface area contributed by atoms with Gasteiger partial charge in [-0.3, -0.25) is 0 Å². The van der Waals surface area contributed by atoms with Gasteiger partial charge in [-0.25, -0.2) is 4.58 Å². The summed E-state index contributed by atoms with van der Waals surface area (Å²) >= 11 is 3.89. The summed E-state index contributed by atoms with van der Waals surface area (Å²) in [6.07, 6.45) is 3.51. The second kappa shape index (κ2) is 4.29. The van der Waals surface area contributed by atoms with Crippen LogP contribution in [0.5, 0.6) is 0 Å². The van der Waals surface area contributed by atoms with Crippen molar-refractivity contribution in [2.75, 3.05) is 25.1 Å². The SMILES string of the molecule is CC[N+]1=C(SC)SCCC1. The maximum atomic E-state index is 2.46. The standard InChI is InChI=1S/C7H14NS2/c1-3-8-5-4-6-10-7(8)9-2/h3-6H2,1-2H3/q+1. The Kier molecular flexibility index (Phi) is 3.63. The van der Waals surface area contributed by atoms with Gasteiger partial charge in [0.2, 0.25) is 0 Å². The molecule has 0 amide bonds. The molecule has 0 spiro atoms. The van der Waals surface area contributed by atoms with Crippen LogP contribution < -0.4 is 0 Å². The van der Waals surface area contributed by atoms with Crippen molar-refractivity contribution < 1.29 is 4.58 Å². The summed E-state index contributed by atoms with van der Waals surface area (Å²) in [6.45, 7) is 4.66. The van der Waals surface area contributed by atoms with E-state index >= 15 is 0 Å². The van der Waals surface area contributed by atoms with E-state index in [2.05, 4.69) is 17.8 Å². The van der Waals surface area contributed by atoms with E-state index in [0.717, 1.165) is 0 Å². The molecule has 0 aromatic rings. The fourth-order valence-electron chi connectivity index (χ4n) is 1.07. The average Bonchev–Trinajstić information content (AvgIpc) is 2.04. The van der Waals surface area contributed by atoms with Crippen LogP contribution in [0.2, 0.25) is 0 Å². The highest BCUT2D eigenvalue weighted by Gasteiger charge is 2.17. The van der Waals surface area contributed by atoms with E-state index in [9.17, 15) is 0 Å². The Hall–Kier alpha value is 0.370. The molecular weight excluding hydrogens is 162 g/mol. The minimum Gasteiger partial charge on any atom is -0.219 e. The maximum absolute atomic E-state index is 2.46. The molecule has 1 heterocycles. The summed E-state index contributed by atoms with van der Waals surface area (Å²) in [6, 6.07) is 0. The van der Waals surface area contributed by atoms with Crippen LogP contribution in [0.1, 0.15) is 13.3 Å². The Morgan fingerprint density at radius 3 is 3.00 bits per heavy atom. The molecule has 0 unspecified atom stereocenters. The van der Waals surface area contributed by atoms with Crippen molar-refractivity contribution in [1.82, 2.24) is 0 Å². The van der Waals surface area contributed by atoms with Crippen LogP contribution in [0.3, 0.4) is 0 Å². The van der Waals surface area contributed by atoms with Gasteiger partial charge in [0.15, 0.2) is 0 Å². The molecule has 0 aromatic carbocycles. The highest BCUT2D eigenvalue weighted by molar-refractivity contribution is 8.38. The predicted molar refractivity (Wildman–Crippen MR) is 51.3 cm³/mol. The van der Waals surface area contributed by atoms with Crippen molar-refractivity contribution in [3.63, 3.8) is 0 Å². The Balaban J connectivity index is 2.63. The Bertz CT molecular complexity index is 127. The van der Waals surface area contributed by atoms with Crippen molar-refractivity contribution >= 4 is 27.9 Å². The molecule has 0 N–H and O–H groups in total. The Morgan fingerprint density at radius 2 is 2.50 bits per heavy atom. The number of nitrogens with zero attached hydrogens (tertiary/aromatic N) is 1. The van der Waals surface area contributed by atoms with Gasteiger partial charge in [0, 0.05) is 12.2 Å². The first-order chi connectivity index (χ1) is 4.88. The van der Waals surface area contributed by atoms with Gasteiger partial charge >= 0.3 is 0 Å². The molecule has 0 aromatic heterocycles. The van der Waals surface area contributed by atoms with E-state index in [0.29, 0.717) is 0 Å². The monoisotopic (exact) mass is 176 g/mol. The van der Waals surface area contributed by atoms with Crippen LogP contribution >= 0.6 is 23.5 Å². The number of hydrogen-bond donors (Lipinski definition) is 0. The van der Waals surface area contributed by atoms with Crippen LogP contribution in [0.15, 0.2) is 0 Å². The largest absolute Gasteiger partial charge is 0.269 e. The summed E-state index contributed by atoms with van der Waals surface area (Å²) in [5, 5.41) is 0. The van der Waals surface area contributed by atoms with Crippen molar-refractivity contribution in [2.45, 2.75) is 13.3 Å².